The van der Waals surface area contributed by atoms with E-state index in [0.717, 1.165) is 6.61 Å². The molecule has 2 nitrogen and oxygen atoms in total. The molecule has 0 amide bonds. The fraction of sp³-hybridized carbons (Fsp3) is 1.00. The maximum atomic E-state index is 5.95. The van der Waals surface area contributed by atoms with Crippen molar-refractivity contribution in [1.82, 2.24) is 0 Å². The first-order chi connectivity index (χ1) is 8.00. The van der Waals surface area contributed by atoms with Gasteiger partial charge in [-0.3, -0.25) is 0 Å². The van der Waals surface area contributed by atoms with Gasteiger partial charge in [0.25, 0.3) is 0 Å². The molecule has 3 fully saturated rings. The van der Waals surface area contributed by atoms with Gasteiger partial charge in [0.1, 0.15) is 0 Å². The molecule has 2 heteroatoms. The summed E-state index contributed by atoms with van der Waals surface area (Å²) in [6.45, 7) is 7.95. The molecule has 2 aliphatic heterocycles. The summed E-state index contributed by atoms with van der Waals surface area (Å²) in [7, 11) is 0. The van der Waals surface area contributed by atoms with Gasteiger partial charge in [0.05, 0.1) is 24.4 Å². The highest BCUT2D eigenvalue weighted by atomic mass is 16.6. The Morgan fingerprint density at radius 2 is 2.00 bits per heavy atom. The van der Waals surface area contributed by atoms with Gasteiger partial charge in [-0.1, -0.05) is 33.6 Å². The summed E-state index contributed by atoms with van der Waals surface area (Å²) in [5, 5.41) is 0. The molecule has 1 saturated carbocycles. The van der Waals surface area contributed by atoms with E-state index in [1.807, 2.05) is 0 Å². The molecule has 2 heterocycles. The maximum absolute atomic E-state index is 5.95. The van der Waals surface area contributed by atoms with Crippen LogP contribution < -0.4 is 0 Å². The lowest BCUT2D eigenvalue weighted by Gasteiger charge is -2.27. The van der Waals surface area contributed by atoms with Crippen molar-refractivity contribution in [3.63, 3.8) is 0 Å². The highest BCUT2D eigenvalue weighted by Gasteiger charge is 2.60. The first-order valence-electron chi connectivity index (χ1n) is 7.30. The van der Waals surface area contributed by atoms with E-state index in [0.29, 0.717) is 23.5 Å². The van der Waals surface area contributed by atoms with E-state index in [4.69, 9.17) is 9.47 Å². The molecule has 0 aromatic heterocycles. The van der Waals surface area contributed by atoms with Crippen molar-refractivity contribution in [2.24, 2.45) is 11.3 Å². The zero-order valence-corrected chi connectivity index (χ0v) is 11.5. The second kappa shape index (κ2) is 3.96. The van der Waals surface area contributed by atoms with E-state index in [1.165, 1.54) is 38.5 Å². The van der Waals surface area contributed by atoms with E-state index in [2.05, 4.69) is 20.8 Å². The third-order valence-electron chi connectivity index (χ3n) is 4.75. The van der Waals surface area contributed by atoms with E-state index in [-0.39, 0.29) is 5.60 Å². The van der Waals surface area contributed by atoms with E-state index in [1.54, 1.807) is 0 Å². The molecular weight excluding hydrogens is 212 g/mol. The summed E-state index contributed by atoms with van der Waals surface area (Å²) in [5.41, 5.74) is 0.705. The van der Waals surface area contributed by atoms with Gasteiger partial charge in [0.15, 0.2) is 0 Å². The van der Waals surface area contributed by atoms with Gasteiger partial charge >= 0.3 is 0 Å². The van der Waals surface area contributed by atoms with Crippen LogP contribution in [0.5, 0.6) is 0 Å². The molecule has 0 N–H and O–H groups in total. The predicted molar refractivity (Wildman–Crippen MR) is 68.0 cm³/mol. The van der Waals surface area contributed by atoms with Crippen molar-refractivity contribution in [3.8, 4) is 0 Å². The molecular formula is C15H26O2. The Morgan fingerprint density at radius 1 is 1.24 bits per heavy atom. The van der Waals surface area contributed by atoms with Crippen LogP contribution in [-0.4, -0.2) is 24.4 Å². The molecule has 3 aliphatic rings. The van der Waals surface area contributed by atoms with E-state index < -0.39 is 0 Å². The molecule has 2 saturated heterocycles. The third kappa shape index (κ3) is 2.53. The first-order valence-corrected chi connectivity index (χ1v) is 7.30. The highest BCUT2D eigenvalue weighted by Crippen LogP contribution is 2.53. The zero-order valence-electron chi connectivity index (χ0n) is 11.5. The zero-order chi connectivity index (χ0) is 12.1. The molecule has 0 aromatic rings. The summed E-state index contributed by atoms with van der Waals surface area (Å²) in [4.78, 5) is 0. The average molecular weight is 238 g/mol. The van der Waals surface area contributed by atoms with Gasteiger partial charge in [-0.05, 0) is 31.1 Å². The fourth-order valence-electron chi connectivity index (χ4n) is 3.47. The SMILES string of the molecule is CC(C)(C)CC[C@H]1O[C@@H]1C1CCCC[C@]12CO2. The second-order valence-electron chi connectivity index (χ2n) is 7.44. The summed E-state index contributed by atoms with van der Waals surface area (Å²) in [5.74, 6) is 0.709. The molecule has 1 unspecified atom stereocenters. The van der Waals surface area contributed by atoms with E-state index >= 15 is 0 Å². The molecule has 1 spiro atoms. The molecule has 17 heavy (non-hydrogen) atoms. The average Bonchev–Trinajstić information content (AvgIpc) is 3.13. The number of epoxide rings is 2. The number of hydrogen-bond donors (Lipinski definition) is 0. The largest absolute Gasteiger partial charge is 0.369 e. The van der Waals surface area contributed by atoms with Crippen LogP contribution in [0, 0.1) is 11.3 Å². The van der Waals surface area contributed by atoms with Crippen LogP contribution in [0.15, 0.2) is 0 Å². The number of hydrogen-bond acceptors (Lipinski definition) is 2. The first kappa shape index (κ1) is 12.0. The van der Waals surface area contributed by atoms with Crippen LogP contribution in [0.3, 0.4) is 0 Å². The van der Waals surface area contributed by atoms with Crippen molar-refractivity contribution in [2.75, 3.05) is 6.61 Å². The monoisotopic (exact) mass is 238 g/mol. The van der Waals surface area contributed by atoms with Gasteiger partial charge in [-0.2, -0.15) is 0 Å². The Morgan fingerprint density at radius 3 is 2.65 bits per heavy atom. The summed E-state index contributed by atoms with van der Waals surface area (Å²) in [6, 6.07) is 0. The number of rotatable bonds is 3. The molecule has 4 atom stereocenters. The van der Waals surface area contributed by atoms with Crippen molar-refractivity contribution in [1.29, 1.82) is 0 Å². The maximum Gasteiger partial charge on any atom is 0.0970 e. The van der Waals surface area contributed by atoms with Crippen molar-refractivity contribution >= 4 is 0 Å². The molecule has 98 valence electrons. The van der Waals surface area contributed by atoms with Crippen LogP contribution in [0.1, 0.15) is 59.3 Å². The van der Waals surface area contributed by atoms with Crippen molar-refractivity contribution < 1.29 is 9.47 Å². The Bertz CT molecular complexity index is 288. The molecule has 1 aliphatic carbocycles. The van der Waals surface area contributed by atoms with Crippen LogP contribution in [-0.2, 0) is 9.47 Å². The van der Waals surface area contributed by atoms with E-state index in [9.17, 15) is 0 Å². The quantitative estimate of drug-likeness (QED) is 0.703. The van der Waals surface area contributed by atoms with Gasteiger partial charge in [0, 0.05) is 5.92 Å². The Kier molecular flexibility index (Phi) is 2.79. The minimum absolute atomic E-state index is 0.263. The number of ether oxygens (including phenoxy) is 2. The molecule has 3 rings (SSSR count). The van der Waals surface area contributed by atoms with Gasteiger partial charge in [-0.25, -0.2) is 0 Å². The van der Waals surface area contributed by atoms with Gasteiger partial charge in [0.2, 0.25) is 0 Å². The van der Waals surface area contributed by atoms with Gasteiger partial charge < -0.3 is 9.47 Å². The van der Waals surface area contributed by atoms with Crippen molar-refractivity contribution in [3.05, 3.63) is 0 Å². The lowest BCUT2D eigenvalue weighted by molar-refractivity contribution is 0.130. The Balaban J connectivity index is 1.51. The normalized spacial score (nSPS) is 45.0. The van der Waals surface area contributed by atoms with Crippen LogP contribution >= 0.6 is 0 Å². The van der Waals surface area contributed by atoms with Crippen LogP contribution in [0.4, 0.5) is 0 Å². The van der Waals surface area contributed by atoms with Crippen LogP contribution in [0.2, 0.25) is 0 Å². The summed E-state index contributed by atoms with van der Waals surface area (Å²) < 4.78 is 11.7. The minimum Gasteiger partial charge on any atom is -0.369 e. The second-order valence-corrected chi connectivity index (χ2v) is 7.44. The summed E-state index contributed by atoms with van der Waals surface area (Å²) >= 11 is 0. The predicted octanol–water partition coefficient (Wildman–Crippen LogP) is 3.54. The lowest BCUT2D eigenvalue weighted by atomic mass is 9.76. The fourth-order valence-corrected chi connectivity index (χ4v) is 3.47. The topological polar surface area (TPSA) is 25.1 Å². The van der Waals surface area contributed by atoms with Crippen molar-refractivity contribution in [2.45, 2.75) is 77.1 Å². The van der Waals surface area contributed by atoms with Crippen LogP contribution in [0.25, 0.3) is 0 Å². The standard InChI is InChI=1S/C15H26O2/c1-14(2,3)9-7-12-13(17-12)11-6-4-5-8-15(11)10-16-15/h11-13H,4-10H2,1-3H3/t11?,12-,13-,15+/m1/s1. The lowest BCUT2D eigenvalue weighted by Crippen LogP contribution is -2.33. The molecule has 0 radical (unpaired) electrons. The molecule has 0 bridgehead atoms. The minimum atomic E-state index is 0.263. The molecule has 0 aromatic carbocycles. The Labute approximate surface area is 105 Å². The smallest absolute Gasteiger partial charge is 0.0970 e. The summed E-state index contributed by atoms with van der Waals surface area (Å²) in [6.07, 6.45) is 8.92. The Hall–Kier alpha value is -0.0800. The highest BCUT2D eigenvalue weighted by molar-refractivity contribution is 5.08. The van der Waals surface area contributed by atoms with Gasteiger partial charge in [-0.15, -0.1) is 0 Å². The third-order valence-corrected chi connectivity index (χ3v) is 4.75.